The Morgan fingerprint density at radius 2 is 2.17 bits per heavy atom. The summed E-state index contributed by atoms with van der Waals surface area (Å²) in [5, 5.41) is 10.1. The summed E-state index contributed by atoms with van der Waals surface area (Å²) >= 11 is 0. The van der Waals surface area contributed by atoms with Gasteiger partial charge >= 0.3 is 5.97 Å². The van der Waals surface area contributed by atoms with Crippen molar-refractivity contribution >= 4 is 16.9 Å². The van der Waals surface area contributed by atoms with Crippen LogP contribution in [0.1, 0.15) is 23.2 Å². The van der Waals surface area contributed by atoms with Gasteiger partial charge in [-0.1, -0.05) is 6.07 Å². The van der Waals surface area contributed by atoms with Gasteiger partial charge in [0.15, 0.2) is 0 Å². The van der Waals surface area contributed by atoms with Crippen molar-refractivity contribution in [1.29, 1.82) is 0 Å². The zero-order chi connectivity index (χ0) is 13.0. The van der Waals surface area contributed by atoms with Crippen LogP contribution in [-0.4, -0.2) is 29.4 Å². The molecule has 2 rings (SSSR count). The number of carbonyl (C=O) groups is 1. The molecule has 0 atom stereocenters. The summed E-state index contributed by atoms with van der Waals surface area (Å²) in [6, 6.07) is 7.23. The lowest BCUT2D eigenvalue weighted by molar-refractivity contribution is 0.0697. The van der Waals surface area contributed by atoms with E-state index in [1.165, 1.54) is 0 Å². The first-order valence-corrected chi connectivity index (χ1v) is 6.03. The zero-order valence-corrected chi connectivity index (χ0v) is 10.4. The summed E-state index contributed by atoms with van der Waals surface area (Å²) in [5.41, 5.74) is 1.31. The molecule has 2 aromatic rings. The minimum Gasteiger partial charge on any atom is -0.478 e. The highest BCUT2D eigenvalue weighted by Gasteiger charge is 2.06. The molecule has 0 bridgehead atoms. The first kappa shape index (κ1) is 12.6. The molecular formula is C14H17NO3. The van der Waals surface area contributed by atoms with Gasteiger partial charge in [-0.25, -0.2) is 4.79 Å². The molecule has 0 aliphatic carbocycles. The van der Waals surface area contributed by atoms with Crippen molar-refractivity contribution in [3.63, 3.8) is 0 Å². The van der Waals surface area contributed by atoms with Crippen molar-refractivity contribution in [1.82, 2.24) is 4.57 Å². The topological polar surface area (TPSA) is 51.5 Å². The highest BCUT2D eigenvalue weighted by molar-refractivity contribution is 5.93. The van der Waals surface area contributed by atoms with E-state index < -0.39 is 5.97 Å². The van der Waals surface area contributed by atoms with Gasteiger partial charge < -0.3 is 14.4 Å². The maximum absolute atomic E-state index is 11.0. The number of carboxylic acids is 1. The Balaban J connectivity index is 2.17. The minimum atomic E-state index is -0.885. The number of nitrogens with zero attached hydrogens (tertiary/aromatic N) is 1. The highest BCUT2D eigenvalue weighted by Crippen LogP contribution is 2.18. The Morgan fingerprint density at radius 1 is 1.33 bits per heavy atom. The molecule has 0 fully saturated rings. The molecule has 4 nitrogen and oxygen atoms in total. The molecule has 96 valence electrons. The molecule has 18 heavy (non-hydrogen) atoms. The number of rotatable bonds is 6. The van der Waals surface area contributed by atoms with Gasteiger partial charge in [0, 0.05) is 32.0 Å². The van der Waals surface area contributed by atoms with E-state index in [2.05, 4.69) is 4.57 Å². The second kappa shape index (κ2) is 5.69. The Bertz CT molecular complexity index is 545. The lowest BCUT2D eigenvalue weighted by Crippen LogP contribution is -2.00. The van der Waals surface area contributed by atoms with Crippen molar-refractivity contribution in [3.8, 4) is 0 Å². The third kappa shape index (κ3) is 2.71. The van der Waals surface area contributed by atoms with E-state index in [1.54, 1.807) is 19.2 Å². The average molecular weight is 247 g/mol. The number of aromatic nitrogens is 1. The van der Waals surface area contributed by atoms with Crippen LogP contribution in [0.15, 0.2) is 30.5 Å². The second-order valence-corrected chi connectivity index (χ2v) is 4.29. The van der Waals surface area contributed by atoms with Crippen LogP contribution in [0.4, 0.5) is 0 Å². The lowest BCUT2D eigenvalue weighted by Gasteiger charge is -2.05. The molecule has 1 aromatic heterocycles. The first-order chi connectivity index (χ1) is 8.72. The fourth-order valence-electron chi connectivity index (χ4n) is 2.04. The van der Waals surface area contributed by atoms with Crippen LogP contribution >= 0.6 is 0 Å². The molecule has 1 aromatic carbocycles. The fourth-order valence-corrected chi connectivity index (χ4v) is 2.04. The van der Waals surface area contributed by atoms with Crippen molar-refractivity contribution in [2.75, 3.05) is 13.7 Å². The van der Waals surface area contributed by atoms with Gasteiger partial charge in [0.1, 0.15) is 0 Å². The summed E-state index contributed by atoms with van der Waals surface area (Å²) in [5.74, 6) is -0.885. The van der Waals surface area contributed by atoms with Crippen LogP contribution < -0.4 is 0 Å². The number of hydrogen-bond donors (Lipinski definition) is 1. The monoisotopic (exact) mass is 247 g/mol. The van der Waals surface area contributed by atoms with E-state index in [0.29, 0.717) is 5.56 Å². The van der Waals surface area contributed by atoms with Crippen molar-refractivity contribution in [2.24, 2.45) is 0 Å². The quantitative estimate of drug-likeness (QED) is 0.798. The standard InChI is InChI=1S/C14H17NO3/c1-18-9-3-2-7-15-8-6-11-4-5-12(14(16)17)10-13(11)15/h4-6,8,10H,2-3,7,9H2,1H3,(H,16,17). The molecule has 0 unspecified atom stereocenters. The molecule has 0 saturated carbocycles. The predicted octanol–water partition coefficient (Wildman–Crippen LogP) is 2.77. The Labute approximate surface area is 106 Å². The normalized spacial score (nSPS) is 10.9. The molecular weight excluding hydrogens is 230 g/mol. The second-order valence-electron chi connectivity index (χ2n) is 4.29. The summed E-state index contributed by atoms with van der Waals surface area (Å²) < 4.78 is 7.11. The van der Waals surface area contributed by atoms with Crippen LogP contribution in [-0.2, 0) is 11.3 Å². The lowest BCUT2D eigenvalue weighted by atomic mass is 10.1. The maximum Gasteiger partial charge on any atom is 0.335 e. The molecule has 0 saturated heterocycles. The minimum absolute atomic E-state index is 0.333. The molecule has 0 aliphatic rings. The first-order valence-electron chi connectivity index (χ1n) is 6.03. The molecule has 0 aliphatic heterocycles. The van der Waals surface area contributed by atoms with Crippen LogP contribution in [0.25, 0.3) is 10.9 Å². The fraction of sp³-hybridized carbons (Fsp3) is 0.357. The third-order valence-electron chi connectivity index (χ3n) is 3.02. The number of aromatic carboxylic acids is 1. The molecule has 4 heteroatoms. The Morgan fingerprint density at radius 3 is 2.89 bits per heavy atom. The van der Waals surface area contributed by atoms with E-state index in [1.807, 2.05) is 18.3 Å². The van der Waals surface area contributed by atoms with Crippen molar-refractivity contribution in [3.05, 3.63) is 36.0 Å². The van der Waals surface area contributed by atoms with Gasteiger partial charge in [-0.3, -0.25) is 0 Å². The molecule has 0 radical (unpaired) electrons. The molecule has 0 amide bonds. The Kier molecular flexibility index (Phi) is 3.99. The van der Waals surface area contributed by atoms with Gasteiger partial charge in [0.25, 0.3) is 0 Å². The van der Waals surface area contributed by atoms with E-state index in [-0.39, 0.29) is 0 Å². The number of methoxy groups -OCH3 is 1. The van der Waals surface area contributed by atoms with Crippen LogP contribution in [0, 0.1) is 0 Å². The van der Waals surface area contributed by atoms with Crippen LogP contribution in [0.3, 0.4) is 0 Å². The predicted molar refractivity (Wildman–Crippen MR) is 70.0 cm³/mol. The van der Waals surface area contributed by atoms with Gasteiger partial charge in [-0.2, -0.15) is 0 Å². The van der Waals surface area contributed by atoms with Gasteiger partial charge in [0.05, 0.1) is 5.56 Å². The molecule has 1 N–H and O–H groups in total. The van der Waals surface area contributed by atoms with Gasteiger partial charge in [-0.05, 0) is 36.4 Å². The highest BCUT2D eigenvalue weighted by atomic mass is 16.5. The number of benzene rings is 1. The summed E-state index contributed by atoms with van der Waals surface area (Å²) in [7, 11) is 1.70. The largest absolute Gasteiger partial charge is 0.478 e. The number of ether oxygens (including phenoxy) is 1. The van der Waals surface area contributed by atoms with E-state index in [4.69, 9.17) is 9.84 Å². The van der Waals surface area contributed by atoms with E-state index in [9.17, 15) is 4.79 Å². The van der Waals surface area contributed by atoms with Gasteiger partial charge in [0.2, 0.25) is 0 Å². The summed E-state index contributed by atoms with van der Waals surface area (Å²) in [6.07, 6.45) is 4.03. The number of hydrogen-bond acceptors (Lipinski definition) is 2. The molecule has 1 heterocycles. The number of fused-ring (bicyclic) bond motifs is 1. The average Bonchev–Trinajstić information content (AvgIpc) is 2.77. The maximum atomic E-state index is 11.0. The van der Waals surface area contributed by atoms with Crippen molar-refractivity contribution in [2.45, 2.75) is 19.4 Å². The number of carboxylic acid groups (broad SMARTS) is 1. The van der Waals surface area contributed by atoms with Crippen LogP contribution in [0.5, 0.6) is 0 Å². The van der Waals surface area contributed by atoms with Gasteiger partial charge in [-0.15, -0.1) is 0 Å². The van der Waals surface area contributed by atoms with E-state index in [0.717, 1.165) is 36.9 Å². The SMILES string of the molecule is COCCCCn1ccc2ccc(C(=O)O)cc21. The Hall–Kier alpha value is -1.81. The third-order valence-corrected chi connectivity index (χ3v) is 3.02. The summed E-state index contributed by atoms with van der Waals surface area (Å²) in [6.45, 7) is 1.65. The summed E-state index contributed by atoms with van der Waals surface area (Å²) in [4.78, 5) is 11.0. The number of aryl methyl sites for hydroxylation is 1. The smallest absolute Gasteiger partial charge is 0.335 e. The van der Waals surface area contributed by atoms with Crippen LogP contribution in [0.2, 0.25) is 0 Å². The zero-order valence-electron chi connectivity index (χ0n) is 10.4. The van der Waals surface area contributed by atoms with Crippen molar-refractivity contribution < 1.29 is 14.6 Å². The van der Waals surface area contributed by atoms with E-state index >= 15 is 0 Å². The molecule has 0 spiro atoms. The number of unbranched alkanes of at least 4 members (excludes halogenated alkanes) is 1.